The molecule has 0 bridgehead atoms. The van der Waals surface area contributed by atoms with E-state index in [2.05, 4.69) is 15.4 Å². The first-order valence-electron chi connectivity index (χ1n) is 7.97. The number of piperazine rings is 1. The average molecular weight is 331 g/mol. The molecular weight excluding hydrogens is 310 g/mol. The number of amides is 2. The number of aromatic nitrogens is 3. The van der Waals surface area contributed by atoms with Gasteiger partial charge in [-0.25, -0.2) is 9.50 Å². The zero-order valence-corrected chi connectivity index (χ0v) is 14.2. The predicted octanol–water partition coefficient (Wildman–Crippen LogP) is 0.785. The van der Waals surface area contributed by atoms with Gasteiger partial charge in [-0.15, -0.1) is 0 Å². The minimum absolute atomic E-state index is 0.0801. The zero-order valence-electron chi connectivity index (χ0n) is 14.2. The highest BCUT2D eigenvalue weighted by molar-refractivity contribution is 5.98. The Hall–Kier alpha value is -2.64. The number of methoxy groups -OCH3 is 1. The van der Waals surface area contributed by atoms with Gasteiger partial charge in [0.25, 0.3) is 5.91 Å². The molecule has 1 fully saturated rings. The Morgan fingerprint density at radius 3 is 2.92 bits per heavy atom. The van der Waals surface area contributed by atoms with Crippen LogP contribution in [0.25, 0.3) is 5.65 Å². The van der Waals surface area contributed by atoms with Crippen LogP contribution in [-0.2, 0) is 4.79 Å². The van der Waals surface area contributed by atoms with Gasteiger partial charge in [-0.3, -0.25) is 9.59 Å². The van der Waals surface area contributed by atoms with Crippen molar-refractivity contribution in [1.29, 1.82) is 0 Å². The number of nitrogens with one attached hydrogen (secondary N) is 1. The Kier molecular flexibility index (Phi) is 4.13. The van der Waals surface area contributed by atoms with Crippen LogP contribution in [0.15, 0.2) is 12.3 Å². The third-order valence-electron chi connectivity index (χ3n) is 4.16. The van der Waals surface area contributed by atoms with Gasteiger partial charge in [-0.1, -0.05) is 6.92 Å². The van der Waals surface area contributed by atoms with E-state index in [0.29, 0.717) is 35.8 Å². The van der Waals surface area contributed by atoms with Crippen LogP contribution in [0, 0.1) is 6.92 Å². The van der Waals surface area contributed by atoms with Crippen molar-refractivity contribution in [3.05, 3.63) is 23.7 Å². The Morgan fingerprint density at radius 1 is 1.50 bits per heavy atom. The van der Waals surface area contributed by atoms with Crippen LogP contribution >= 0.6 is 0 Å². The predicted molar refractivity (Wildman–Crippen MR) is 87.0 cm³/mol. The molecule has 2 amide bonds. The standard InChI is InChI=1S/C16H21N5O3/c1-5-12-15(22)17-9(2)7-20(12)16(23)11-6-13(24-4)14-18-10(3)19-21(14)8-11/h6,8-9,12H,5,7H2,1-4H3,(H,17,22). The third-order valence-corrected chi connectivity index (χ3v) is 4.16. The molecule has 0 saturated carbocycles. The molecular formula is C16H21N5O3. The molecule has 2 atom stereocenters. The highest BCUT2D eigenvalue weighted by atomic mass is 16.5. The summed E-state index contributed by atoms with van der Waals surface area (Å²) < 4.78 is 6.88. The lowest BCUT2D eigenvalue weighted by Crippen LogP contribution is -2.60. The number of carbonyl (C=O) groups excluding carboxylic acids is 2. The van der Waals surface area contributed by atoms with E-state index in [0.717, 1.165) is 0 Å². The van der Waals surface area contributed by atoms with E-state index in [1.54, 1.807) is 24.1 Å². The molecule has 1 saturated heterocycles. The van der Waals surface area contributed by atoms with Gasteiger partial charge in [0, 0.05) is 18.8 Å². The van der Waals surface area contributed by atoms with Crippen LogP contribution < -0.4 is 10.1 Å². The summed E-state index contributed by atoms with van der Waals surface area (Å²) >= 11 is 0. The maximum absolute atomic E-state index is 13.0. The highest BCUT2D eigenvalue weighted by Gasteiger charge is 2.35. The first-order valence-corrected chi connectivity index (χ1v) is 7.97. The van der Waals surface area contributed by atoms with Gasteiger partial charge < -0.3 is 15.0 Å². The number of ether oxygens (including phenoxy) is 1. The number of hydrogen-bond acceptors (Lipinski definition) is 5. The largest absolute Gasteiger partial charge is 0.493 e. The van der Waals surface area contributed by atoms with Crippen LogP contribution in [0.3, 0.4) is 0 Å². The van der Waals surface area contributed by atoms with Crippen LogP contribution in [0.4, 0.5) is 0 Å². The van der Waals surface area contributed by atoms with Crippen LogP contribution in [-0.4, -0.2) is 57.1 Å². The molecule has 1 N–H and O–H groups in total. The summed E-state index contributed by atoms with van der Waals surface area (Å²) in [5.41, 5.74) is 0.980. The molecule has 128 valence electrons. The molecule has 2 aromatic heterocycles. The van der Waals surface area contributed by atoms with E-state index in [1.807, 2.05) is 13.8 Å². The summed E-state index contributed by atoms with van der Waals surface area (Å²) in [6.07, 6.45) is 2.19. The molecule has 3 heterocycles. The molecule has 24 heavy (non-hydrogen) atoms. The summed E-state index contributed by atoms with van der Waals surface area (Å²) in [5.74, 6) is 0.741. The number of nitrogens with zero attached hydrogens (tertiary/aromatic N) is 4. The number of hydrogen-bond donors (Lipinski definition) is 1. The van der Waals surface area contributed by atoms with Crippen molar-refractivity contribution < 1.29 is 14.3 Å². The monoisotopic (exact) mass is 331 g/mol. The second-order valence-corrected chi connectivity index (χ2v) is 6.02. The summed E-state index contributed by atoms with van der Waals surface area (Å²) in [7, 11) is 1.53. The van der Waals surface area contributed by atoms with Crippen molar-refractivity contribution in [2.75, 3.05) is 13.7 Å². The highest BCUT2D eigenvalue weighted by Crippen LogP contribution is 2.22. The Bertz CT molecular complexity index is 800. The van der Waals surface area contributed by atoms with Crippen LogP contribution in [0.5, 0.6) is 5.75 Å². The summed E-state index contributed by atoms with van der Waals surface area (Å²) in [5, 5.41) is 7.14. The van der Waals surface area contributed by atoms with Gasteiger partial charge in [0.2, 0.25) is 5.91 Å². The molecule has 1 aliphatic rings. The van der Waals surface area contributed by atoms with Crippen molar-refractivity contribution in [3.8, 4) is 5.75 Å². The number of carbonyl (C=O) groups is 2. The minimum Gasteiger partial charge on any atom is -0.493 e. The van der Waals surface area contributed by atoms with E-state index in [-0.39, 0.29) is 17.9 Å². The van der Waals surface area contributed by atoms with Gasteiger partial charge in [0.05, 0.1) is 12.7 Å². The first kappa shape index (κ1) is 16.2. The maximum Gasteiger partial charge on any atom is 0.256 e. The fourth-order valence-corrected chi connectivity index (χ4v) is 3.07. The fourth-order valence-electron chi connectivity index (χ4n) is 3.07. The van der Waals surface area contributed by atoms with Gasteiger partial charge in [0.15, 0.2) is 11.4 Å². The molecule has 1 aliphatic heterocycles. The quantitative estimate of drug-likeness (QED) is 0.898. The SMILES string of the molecule is CCC1C(=O)NC(C)CN1C(=O)c1cc(OC)c2nc(C)nn2c1. The molecule has 2 unspecified atom stereocenters. The third kappa shape index (κ3) is 2.68. The molecule has 0 spiro atoms. The summed E-state index contributed by atoms with van der Waals surface area (Å²) in [4.78, 5) is 31.1. The average Bonchev–Trinajstić information content (AvgIpc) is 2.92. The van der Waals surface area contributed by atoms with E-state index in [1.165, 1.54) is 11.6 Å². The minimum atomic E-state index is -0.465. The van der Waals surface area contributed by atoms with Gasteiger partial charge in [-0.2, -0.15) is 5.10 Å². The topological polar surface area (TPSA) is 88.8 Å². The second kappa shape index (κ2) is 6.10. The van der Waals surface area contributed by atoms with Crippen molar-refractivity contribution in [3.63, 3.8) is 0 Å². The lowest BCUT2D eigenvalue weighted by atomic mass is 10.0. The smallest absolute Gasteiger partial charge is 0.256 e. The van der Waals surface area contributed by atoms with Crippen molar-refractivity contribution in [1.82, 2.24) is 24.8 Å². The second-order valence-electron chi connectivity index (χ2n) is 6.02. The normalized spacial score (nSPS) is 21.0. The molecule has 3 rings (SSSR count). The molecule has 0 aromatic carbocycles. The van der Waals surface area contributed by atoms with E-state index in [9.17, 15) is 9.59 Å². The van der Waals surface area contributed by atoms with Gasteiger partial charge in [0.1, 0.15) is 11.9 Å². The zero-order chi connectivity index (χ0) is 17.4. The van der Waals surface area contributed by atoms with Gasteiger partial charge in [-0.05, 0) is 26.3 Å². The van der Waals surface area contributed by atoms with Crippen LogP contribution in [0.1, 0.15) is 36.5 Å². The lowest BCUT2D eigenvalue weighted by molar-refractivity contribution is -0.129. The Balaban J connectivity index is 2.02. The summed E-state index contributed by atoms with van der Waals surface area (Å²) in [6.45, 7) is 6.03. The molecule has 0 aliphatic carbocycles. The first-order chi connectivity index (χ1) is 11.4. The van der Waals surface area contributed by atoms with Crippen molar-refractivity contribution in [2.24, 2.45) is 0 Å². The van der Waals surface area contributed by atoms with E-state index < -0.39 is 6.04 Å². The van der Waals surface area contributed by atoms with Crippen molar-refractivity contribution >= 4 is 17.5 Å². The molecule has 2 aromatic rings. The Morgan fingerprint density at radius 2 is 2.25 bits per heavy atom. The van der Waals surface area contributed by atoms with E-state index in [4.69, 9.17) is 4.74 Å². The van der Waals surface area contributed by atoms with Crippen molar-refractivity contribution in [2.45, 2.75) is 39.3 Å². The molecule has 0 radical (unpaired) electrons. The molecule has 8 heteroatoms. The van der Waals surface area contributed by atoms with Gasteiger partial charge >= 0.3 is 0 Å². The maximum atomic E-state index is 13.0. The van der Waals surface area contributed by atoms with Crippen LogP contribution in [0.2, 0.25) is 0 Å². The summed E-state index contributed by atoms with van der Waals surface area (Å²) in [6, 6.07) is 1.10. The number of pyridine rings is 1. The number of aryl methyl sites for hydroxylation is 1. The number of fused-ring (bicyclic) bond motifs is 1. The number of rotatable bonds is 3. The lowest BCUT2D eigenvalue weighted by Gasteiger charge is -2.37. The molecule has 8 nitrogen and oxygen atoms in total. The van der Waals surface area contributed by atoms with E-state index >= 15 is 0 Å². The Labute approximate surface area is 139 Å². The fraction of sp³-hybridized carbons (Fsp3) is 0.500.